The number of amides is 2. The van der Waals surface area contributed by atoms with E-state index in [9.17, 15) is 22.4 Å². The number of halogens is 1. The number of anilines is 1. The van der Waals surface area contributed by atoms with Crippen LogP contribution in [-0.4, -0.2) is 26.8 Å². The van der Waals surface area contributed by atoms with Crippen molar-refractivity contribution in [2.45, 2.75) is 11.3 Å². The van der Waals surface area contributed by atoms with E-state index in [0.29, 0.717) is 6.42 Å². The Morgan fingerprint density at radius 2 is 1.64 bits per heavy atom. The molecule has 0 unspecified atom stereocenters. The molecule has 0 saturated carbocycles. The molecule has 9 heteroatoms. The second kappa shape index (κ2) is 7.86. The van der Waals surface area contributed by atoms with Crippen LogP contribution < -0.4 is 15.8 Å². The van der Waals surface area contributed by atoms with Crippen molar-refractivity contribution in [3.8, 4) is 0 Å². The van der Waals surface area contributed by atoms with Gasteiger partial charge < -0.3 is 10.6 Å². The topological polar surface area (TPSA) is 118 Å². The number of hydrogen-bond donors (Lipinski definition) is 3. The molecule has 0 spiro atoms. The first kappa shape index (κ1) is 18.6. The van der Waals surface area contributed by atoms with Gasteiger partial charge in [0.1, 0.15) is 5.82 Å². The lowest BCUT2D eigenvalue weighted by atomic mass is 10.1. The predicted octanol–water partition coefficient (Wildman–Crippen LogP) is 0.770. The van der Waals surface area contributed by atoms with Crippen LogP contribution in [0.15, 0.2) is 53.4 Å². The molecule has 25 heavy (non-hydrogen) atoms. The minimum atomic E-state index is -3.75. The molecule has 0 heterocycles. The average Bonchev–Trinajstić information content (AvgIpc) is 2.56. The molecule has 0 saturated heterocycles. The Bertz CT molecular complexity index is 883. The fourth-order valence-electron chi connectivity index (χ4n) is 1.99. The minimum absolute atomic E-state index is 0.00967. The molecular formula is C16H16FN3O4S. The van der Waals surface area contributed by atoms with Crippen LogP contribution in [0, 0.1) is 5.82 Å². The number of benzene rings is 2. The zero-order valence-corrected chi connectivity index (χ0v) is 13.8. The highest BCUT2D eigenvalue weighted by Crippen LogP contribution is 2.12. The number of carbonyl (C=O) groups is 2. The van der Waals surface area contributed by atoms with Crippen LogP contribution >= 0.6 is 0 Å². The molecule has 0 aliphatic rings. The summed E-state index contributed by atoms with van der Waals surface area (Å²) in [5, 5.41) is 9.57. The monoisotopic (exact) mass is 365 g/mol. The van der Waals surface area contributed by atoms with Crippen LogP contribution in [0.25, 0.3) is 0 Å². The van der Waals surface area contributed by atoms with Crippen LogP contribution in [0.5, 0.6) is 0 Å². The van der Waals surface area contributed by atoms with Crippen LogP contribution in [0.4, 0.5) is 10.1 Å². The number of primary sulfonamides is 1. The Kier molecular flexibility index (Phi) is 5.84. The highest BCUT2D eigenvalue weighted by Gasteiger charge is 2.15. The Morgan fingerprint density at radius 3 is 2.24 bits per heavy atom. The van der Waals surface area contributed by atoms with Gasteiger partial charge in [-0.15, -0.1) is 0 Å². The first-order chi connectivity index (χ1) is 11.8. The fraction of sp³-hybridized carbons (Fsp3) is 0.125. The molecular weight excluding hydrogens is 349 g/mol. The van der Waals surface area contributed by atoms with Crippen molar-refractivity contribution in [2.75, 3.05) is 11.9 Å². The number of nitrogens with two attached hydrogens (primary N) is 1. The van der Waals surface area contributed by atoms with E-state index in [4.69, 9.17) is 5.14 Å². The molecule has 4 N–H and O–H groups in total. The van der Waals surface area contributed by atoms with E-state index in [1.165, 1.54) is 36.4 Å². The number of carbonyl (C=O) groups excluding carboxylic acids is 2. The Morgan fingerprint density at radius 1 is 1.00 bits per heavy atom. The zero-order chi connectivity index (χ0) is 18.4. The van der Waals surface area contributed by atoms with Crippen molar-refractivity contribution in [1.29, 1.82) is 0 Å². The number of nitrogens with one attached hydrogen (secondary N) is 2. The Labute approximate surface area is 144 Å². The second-order valence-electron chi connectivity index (χ2n) is 5.13. The van der Waals surface area contributed by atoms with Crippen molar-refractivity contribution in [1.82, 2.24) is 5.32 Å². The summed E-state index contributed by atoms with van der Waals surface area (Å²) < 4.78 is 35.7. The summed E-state index contributed by atoms with van der Waals surface area (Å²) in [6.45, 7) is 0.151. The molecule has 0 aromatic heterocycles. The lowest BCUT2D eigenvalue weighted by Gasteiger charge is -2.07. The van der Waals surface area contributed by atoms with Gasteiger partial charge in [-0.2, -0.15) is 0 Å². The quantitative estimate of drug-likeness (QED) is 0.678. The van der Waals surface area contributed by atoms with Crippen LogP contribution in [0.1, 0.15) is 5.56 Å². The SMILES string of the molecule is NS(=O)(=O)c1ccc(CCNC(=O)C(=O)Nc2ccccc2F)cc1. The highest BCUT2D eigenvalue weighted by atomic mass is 32.2. The summed E-state index contributed by atoms with van der Waals surface area (Å²) in [4.78, 5) is 23.4. The van der Waals surface area contributed by atoms with Crippen molar-refractivity contribution in [3.05, 3.63) is 59.9 Å². The molecule has 2 amide bonds. The molecule has 0 radical (unpaired) electrons. The van der Waals surface area contributed by atoms with Crippen molar-refractivity contribution >= 4 is 27.5 Å². The lowest BCUT2D eigenvalue weighted by molar-refractivity contribution is -0.136. The van der Waals surface area contributed by atoms with Crippen LogP contribution in [-0.2, 0) is 26.0 Å². The van der Waals surface area contributed by atoms with Crippen LogP contribution in [0.2, 0.25) is 0 Å². The number of sulfonamides is 1. The van der Waals surface area contributed by atoms with Gasteiger partial charge in [-0.1, -0.05) is 24.3 Å². The summed E-state index contributed by atoms with van der Waals surface area (Å²) in [5.41, 5.74) is 0.670. The Hall–Kier alpha value is -2.78. The summed E-state index contributed by atoms with van der Waals surface area (Å²) in [6, 6.07) is 11.3. The maximum atomic E-state index is 13.4. The van der Waals surface area contributed by atoms with Gasteiger partial charge in [-0.3, -0.25) is 9.59 Å². The normalized spacial score (nSPS) is 11.0. The third-order valence-electron chi connectivity index (χ3n) is 3.28. The zero-order valence-electron chi connectivity index (χ0n) is 13.0. The molecule has 0 atom stereocenters. The van der Waals surface area contributed by atoms with E-state index in [0.717, 1.165) is 5.56 Å². The summed E-state index contributed by atoms with van der Waals surface area (Å²) in [7, 11) is -3.75. The molecule has 7 nitrogen and oxygen atoms in total. The smallest absolute Gasteiger partial charge is 0.313 e. The van der Waals surface area contributed by atoms with Gasteiger partial charge in [0.05, 0.1) is 10.6 Å². The second-order valence-corrected chi connectivity index (χ2v) is 6.69. The molecule has 0 aliphatic heterocycles. The van der Waals surface area contributed by atoms with E-state index >= 15 is 0 Å². The van der Waals surface area contributed by atoms with Gasteiger partial charge in [-0.25, -0.2) is 17.9 Å². The molecule has 0 bridgehead atoms. The number of para-hydroxylation sites is 1. The van der Waals surface area contributed by atoms with E-state index < -0.39 is 27.7 Å². The summed E-state index contributed by atoms with van der Waals surface area (Å²) in [5.74, 6) is -2.52. The molecule has 132 valence electrons. The van der Waals surface area contributed by atoms with Crippen molar-refractivity contribution < 1.29 is 22.4 Å². The number of hydrogen-bond acceptors (Lipinski definition) is 4. The van der Waals surface area contributed by atoms with E-state index in [1.54, 1.807) is 12.1 Å². The molecule has 2 aromatic rings. The lowest BCUT2D eigenvalue weighted by Crippen LogP contribution is -2.36. The van der Waals surface area contributed by atoms with E-state index in [-0.39, 0.29) is 17.1 Å². The van der Waals surface area contributed by atoms with Gasteiger partial charge in [-0.05, 0) is 36.2 Å². The molecule has 2 aromatic carbocycles. The van der Waals surface area contributed by atoms with Crippen molar-refractivity contribution in [3.63, 3.8) is 0 Å². The van der Waals surface area contributed by atoms with Crippen LogP contribution in [0.3, 0.4) is 0 Å². The Balaban J connectivity index is 1.84. The predicted molar refractivity (Wildman–Crippen MR) is 89.6 cm³/mol. The number of rotatable bonds is 5. The third kappa shape index (κ3) is 5.37. The van der Waals surface area contributed by atoms with Gasteiger partial charge in [0.15, 0.2) is 0 Å². The van der Waals surface area contributed by atoms with Gasteiger partial charge in [0, 0.05) is 6.54 Å². The standard InChI is InChI=1S/C16H16FN3O4S/c17-13-3-1-2-4-14(13)20-16(22)15(21)19-10-9-11-5-7-12(8-6-11)25(18,23)24/h1-8H,9-10H2,(H,19,21)(H,20,22)(H2,18,23,24). The van der Waals surface area contributed by atoms with E-state index in [1.807, 2.05) is 0 Å². The molecule has 0 aliphatic carbocycles. The summed E-state index contributed by atoms with van der Waals surface area (Å²) in [6.07, 6.45) is 0.379. The van der Waals surface area contributed by atoms with Gasteiger partial charge in [0.25, 0.3) is 0 Å². The maximum Gasteiger partial charge on any atom is 0.313 e. The van der Waals surface area contributed by atoms with Gasteiger partial charge in [0.2, 0.25) is 10.0 Å². The largest absolute Gasteiger partial charge is 0.347 e. The third-order valence-corrected chi connectivity index (χ3v) is 4.21. The van der Waals surface area contributed by atoms with Crippen molar-refractivity contribution in [2.24, 2.45) is 5.14 Å². The summed E-state index contributed by atoms with van der Waals surface area (Å²) >= 11 is 0. The van der Waals surface area contributed by atoms with Gasteiger partial charge >= 0.3 is 11.8 Å². The average molecular weight is 365 g/mol. The minimum Gasteiger partial charge on any atom is -0.347 e. The highest BCUT2D eigenvalue weighted by molar-refractivity contribution is 7.89. The molecule has 2 rings (SSSR count). The first-order valence-electron chi connectivity index (χ1n) is 7.23. The molecule has 0 fully saturated rings. The van der Waals surface area contributed by atoms with E-state index in [2.05, 4.69) is 10.6 Å². The first-order valence-corrected chi connectivity index (χ1v) is 8.77. The maximum absolute atomic E-state index is 13.4. The fourth-order valence-corrected chi connectivity index (χ4v) is 2.50.